The van der Waals surface area contributed by atoms with E-state index in [0.717, 1.165) is 19.1 Å². The Bertz CT molecular complexity index is 168. The average molecular weight is 156 g/mol. The molecule has 1 fully saturated rings. The van der Waals surface area contributed by atoms with Gasteiger partial charge in [-0.3, -0.25) is 9.59 Å². The molecule has 0 aromatic heterocycles. The number of carbonyl (C=O) groups excluding carboxylic acids is 2. The zero-order valence-corrected chi connectivity index (χ0v) is 6.63. The van der Waals surface area contributed by atoms with Gasteiger partial charge in [-0.05, 0) is 25.7 Å². The zero-order valence-electron chi connectivity index (χ0n) is 6.63. The lowest BCUT2D eigenvalue weighted by molar-refractivity contribution is -0.159. The van der Waals surface area contributed by atoms with E-state index < -0.39 is 5.60 Å². The molecule has 0 N–H and O–H groups in total. The van der Waals surface area contributed by atoms with Crippen molar-refractivity contribution in [3.63, 3.8) is 0 Å². The summed E-state index contributed by atoms with van der Waals surface area (Å²) in [7, 11) is 0. The summed E-state index contributed by atoms with van der Waals surface area (Å²) in [6.45, 7) is 1.34. The number of hydrogen-bond donors (Lipinski definition) is 0. The number of rotatable bonds is 2. The van der Waals surface area contributed by atoms with Crippen LogP contribution in [0.5, 0.6) is 0 Å². The first kappa shape index (κ1) is 8.24. The van der Waals surface area contributed by atoms with Crippen molar-refractivity contribution in [2.75, 3.05) is 0 Å². The predicted molar refractivity (Wildman–Crippen MR) is 39.0 cm³/mol. The number of esters is 1. The van der Waals surface area contributed by atoms with E-state index in [1.54, 1.807) is 0 Å². The van der Waals surface area contributed by atoms with E-state index >= 15 is 0 Å². The first-order chi connectivity index (χ1) is 5.18. The standard InChI is InChI=1S/C8H12O3/c1-7(10)11-8(6-9)4-2-3-5-8/h6H,2-5H2,1H3. The Labute approximate surface area is 65.7 Å². The van der Waals surface area contributed by atoms with Crippen molar-refractivity contribution in [2.24, 2.45) is 0 Å². The quantitative estimate of drug-likeness (QED) is 0.443. The summed E-state index contributed by atoms with van der Waals surface area (Å²) in [4.78, 5) is 21.2. The Morgan fingerprint density at radius 1 is 1.45 bits per heavy atom. The second-order valence-corrected chi connectivity index (χ2v) is 2.98. The molecule has 0 aromatic carbocycles. The number of hydrogen-bond acceptors (Lipinski definition) is 3. The second kappa shape index (κ2) is 3.03. The largest absolute Gasteiger partial charge is 0.452 e. The minimum atomic E-state index is -0.772. The van der Waals surface area contributed by atoms with E-state index in [4.69, 9.17) is 4.74 Å². The van der Waals surface area contributed by atoms with Gasteiger partial charge in [-0.1, -0.05) is 0 Å². The monoisotopic (exact) mass is 156 g/mol. The SMILES string of the molecule is CC(=O)OC1(C=O)CCCC1. The minimum Gasteiger partial charge on any atom is -0.452 e. The number of aldehydes is 1. The Morgan fingerprint density at radius 3 is 2.36 bits per heavy atom. The van der Waals surface area contributed by atoms with Gasteiger partial charge < -0.3 is 4.74 Å². The van der Waals surface area contributed by atoms with Crippen LogP contribution in [0.4, 0.5) is 0 Å². The van der Waals surface area contributed by atoms with Crippen LogP contribution in [-0.2, 0) is 14.3 Å². The molecule has 11 heavy (non-hydrogen) atoms. The maximum atomic E-state index is 10.6. The average Bonchev–Trinajstić information content (AvgIpc) is 2.36. The van der Waals surface area contributed by atoms with E-state index in [-0.39, 0.29) is 5.97 Å². The molecular weight excluding hydrogens is 144 g/mol. The van der Waals surface area contributed by atoms with E-state index in [0.29, 0.717) is 12.8 Å². The lowest BCUT2D eigenvalue weighted by atomic mass is 10.1. The maximum absolute atomic E-state index is 10.6. The summed E-state index contributed by atoms with van der Waals surface area (Å²) < 4.78 is 4.94. The van der Waals surface area contributed by atoms with Gasteiger partial charge >= 0.3 is 5.97 Å². The van der Waals surface area contributed by atoms with E-state index in [1.165, 1.54) is 6.92 Å². The fourth-order valence-corrected chi connectivity index (χ4v) is 1.50. The highest BCUT2D eigenvalue weighted by molar-refractivity contribution is 5.73. The van der Waals surface area contributed by atoms with Crippen molar-refractivity contribution < 1.29 is 14.3 Å². The van der Waals surface area contributed by atoms with Gasteiger partial charge in [-0.25, -0.2) is 0 Å². The predicted octanol–water partition coefficient (Wildman–Crippen LogP) is 1.06. The normalized spacial score (nSPS) is 21.2. The van der Waals surface area contributed by atoms with E-state index in [2.05, 4.69) is 0 Å². The third-order valence-electron chi connectivity index (χ3n) is 2.01. The molecule has 0 atom stereocenters. The molecular formula is C8H12O3. The third-order valence-corrected chi connectivity index (χ3v) is 2.01. The first-order valence-corrected chi connectivity index (χ1v) is 3.84. The van der Waals surface area contributed by atoms with Gasteiger partial charge in [0.1, 0.15) is 0 Å². The summed E-state index contributed by atoms with van der Waals surface area (Å²) in [5, 5.41) is 0. The van der Waals surface area contributed by atoms with Crippen molar-refractivity contribution in [1.82, 2.24) is 0 Å². The van der Waals surface area contributed by atoms with Gasteiger partial charge in [0.25, 0.3) is 0 Å². The van der Waals surface area contributed by atoms with Crippen molar-refractivity contribution in [3.8, 4) is 0 Å². The van der Waals surface area contributed by atoms with E-state index in [1.807, 2.05) is 0 Å². The molecule has 0 amide bonds. The molecule has 0 spiro atoms. The van der Waals surface area contributed by atoms with Gasteiger partial charge in [-0.2, -0.15) is 0 Å². The lowest BCUT2D eigenvalue weighted by Crippen LogP contribution is -2.32. The summed E-state index contributed by atoms with van der Waals surface area (Å²) in [5.41, 5.74) is -0.772. The molecule has 1 aliphatic rings. The molecule has 0 bridgehead atoms. The third kappa shape index (κ3) is 1.79. The molecule has 0 unspecified atom stereocenters. The van der Waals surface area contributed by atoms with Gasteiger partial charge in [0, 0.05) is 6.92 Å². The number of ether oxygens (including phenoxy) is 1. The van der Waals surface area contributed by atoms with Crippen LogP contribution in [0.1, 0.15) is 32.6 Å². The molecule has 0 aliphatic heterocycles. The molecule has 1 aliphatic carbocycles. The van der Waals surface area contributed by atoms with Crippen molar-refractivity contribution >= 4 is 12.3 Å². The molecule has 0 aromatic rings. The van der Waals surface area contributed by atoms with Crippen LogP contribution in [0.2, 0.25) is 0 Å². The summed E-state index contributed by atoms with van der Waals surface area (Å²) in [6, 6.07) is 0. The van der Waals surface area contributed by atoms with Crippen LogP contribution in [0.15, 0.2) is 0 Å². The van der Waals surface area contributed by atoms with Crippen LogP contribution in [-0.4, -0.2) is 17.9 Å². The molecule has 1 rings (SSSR count). The maximum Gasteiger partial charge on any atom is 0.303 e. The van der Waals surface area contributed by atoms with Gasteiger partial charge in [0.05, 0.1) is 0 Å². The Morgan fingerprint density at radius 2 is 2.00 bits per heavy atom. The molecule has 1 saturated carbocycles. The van der Waals surface area contributed by atoms with Gasteiger partial charge in [0.15, 0.2) is 11.9 Å². The van der Waals surface area contributed by atoms with Gasteiger partial charge in [0.2, 0.25) is 0 Å². The Kier molecular flexibility index (Phi) is 2.27. The van der Waals surface area contributed by atoms with Crippen LogP contribution < -0.4 is 0 Å². The molecule has 3 nitrogen and oxygen atoms in total. The Hall–Kier alpha value is -0.860. The van der Waals surface area contributed by atoms with Crippen LogP contribution >= 0.6 is 0 Å². The molecule has 62 valence electrons. The first-order valence-electron chi connectivity index (χ1n) is 3.84. The molecule has 0 radical (unpaired) electrons. The fourth-order valence-electron chi connectivity index (χ4n) is 1.50. The van der Waals surface area contributed by atoms with Crippen molar-refractivity contribution in [3.05, 3.63) is 0 Å². The molecule has 3 heteroatoms. The Balaban J connectivity index is 2.59. The number of carbonyl (C=O) groups is 2. The topological polar surface area (TPSA) is 43.4 Å². The van der Waals surface area contributed by atoms with Crippen LogP contribution in [0, 0.1) is 0 Å². The highest BCUT2D eigenvalue weighted by atomic mass is 16.6. The lowest BCUT2D eigenvalue weighted by Gasteiger charge is -2.20. The summed E-state index contributed by atoms with van der Waals surface area (Å²) >= 11 is 0. The highest BCUT2D eigenvalue weighted by Crippen LogP contribution is 2.31. The molecule has 0 heterocycles. The second-order valence-electron chi connectivity index (χ2n) is 2.98. The van der Waals surface area contributed by atoms with Crippen molar-refractivity contribution in [2.45, 2.75) is 38.2 Å². The summed E-state index contributed by atoms with van der Waals surface area (Å²) in [5.74, 6) is -0.362. The van der Waals surface area contributed by atoms with Crippen LogP contribution in [0.25, 0.3) is 0 Å². The van der Waals surface area contributed by atoms with Gasteiger partial charge in [-0.15, -0.1) is 0 Å². The van der Waals surface area contributed by atoms with E-state index in [9.17, 15) is 9.59 Å². The smallest absolute Gasteiger partial charge is 0.303 e. The zero-order chi connectivity index (χ0) is 8.32. The summed E-state index contributed by atoms with van der Waals surface area (Å²) in [6.07, 6.45) is 4.10. The highest BCUT2D eigenvalue weighted by Gasteiger charge is 2.36. The van der Waals surface area contributed by atoms with Crippen molar-refractivity contribution in [1.29, 1.82) is 0 Å². The van der Waals surface area contributed by atoms with Crippen LogP contribution in [0.3, 0.4) is 0 Å². The molecule has 0 saturated heterocycles. The minimum absolute atomic E-state index is 0.362. The fraction of sp³-hybridized carbons (Fsp3) is 0.750.